The largest absolute Gasteiger partial charge is 0.381 e. The highest BCUT2D eigenvalue weighted by atomic mass is 16.5. The van der Waals surface area contributed by atoms with Crippen molar-refractivity contribution in [1.82, 2.24) is 15.5 Å². The van der Waals surface area contributed by atoms with Crippen LogP contribution in [0.3, 0.4) is 0 Å². The SMILES string of the molecule is CN=C(NCC1(N(C)C)CCOCC1)NC1CC2CCC1O2. The van der Waals surface area contributed by atoms with Crippen LogP contribution in [0.2, 0.25) is 0 Å². The molecule has 3 unspecified atom stereocenters. The second kappa shape index (κ2) is 6.72. The first-order chi connectivity index (χ1) is 10.6. The van der Waals surface area contributed by atoms with Crippen molar-refractivity contribution >= 4 is 5.96 Å². The van der Waals surface area contributed by atoms with Gasteiger partial charge in [-0.3, -0.25) is 4.99 Å². The van der Waals surface area contributed by atoms with E-state index in [4.69, 9.17) is 9.47 Å². The van der Waals surface area contributed by atoms with Gasteiger partial charge in [0.05, 0.1) is 18.2 Å². The number of rotatable bonds is 4. The van der Waals surface area contributed by atoms with Gasteiger partial charge < -0.3 is 25.0 Å². The Bertz CT molecular complexity index is 407. The third-order valence-electron chi connectivity index (χ3n) is 5.61. The molecular formula is C16H30N4O2. The zero-order chi connectivity index (χ0) is 15.6. The quantitative estimate of drug-likeness (QED) is 0.588. The van der Waals surface area contributed by atoms with Crippen LogP contribution in [0.25, 0.3) is 0 Å². The summed E-state index contributed by atoms with van der Waals surface area (Å²) in [7, 11) is 6.16. The van der Waals surface area contributed by atoms with E-state index < -0.39 is 0 Å². The maximum Gasteiger partial charge on any atom is 0.191 e. The second-order valence-electron chi connectivity index (χ2n) is 7.02. The Morgan fingerprint density at radius 1 is 1.27 bits per heavy atom. The summed E-state index contributed by atoms with van der Waals surface area (Å²) < 4.78 is 11.4. The summed E-state index contributed by atoms with van der Waals surface area (Å²) in [5.41, 5.74) is 0.154. The Hall–Kier alpha value is -0.850. The number of fused-ring (bicyclic) bond motifs is 2. The van der Waals surface area contributed by atoms with Crippen LogP contribution in [0.15, 0.2) is 4.99 Å². The van der Waals surface area contributed by atoms with Gasteiger partial charge in [0.2, 0.25) is 0 Å². The molecule has 3 rings (SSSR count). The lowest BCUT2D eigenvalue weighted by Crippen LogP contribution is -2.58. The normalized spacial score (nSPS) is 34.2. The molecule has 0 radical (unpaired) electrons. The van der Waals surface area contributed by atoms with E-state index >= 15 is 0 Å². The van der Waals surface area contributed by atoms with Crippen molar-refractivity contribution in [1.29, 1.82) is 0 Å². The summed E-state index contributed by atoms with van der Waals surface area (Å²) in [6, 6.07) is 0.412. The van der Waals surface area contributed by atoms with Gasteiger partial charge in [-0.2, -0.15) is 0 Å². The molecule has 3 aliphatic heterocycles. The number of ether oxygens (including phenoxy) is 2. The van der Waals surface area contributed by atoms with Gasteiger partial charge in [-0.15, -0.1) is 0 Å². The average molecular weight is 310 g/mol. The molecule has 3 atom stereocenters. The van der Waals surface area contributed by atoms with Crippen molar-refractivity contribution in [3.63, 3.8) is 0 Å². The molecule has 6 nitrogen and oxygen atoms in total. The zero-order valence-corrected chi connectivity index (χ0v) is 14.1. The fourth-order valence-electron chi connectivity index (χ4n) is 3.94. The van der Waals surface area contributed by atoms with Crippen molar-refractivity contribution in [2.45, 2.75) is 55.9 Å². The lowest BCUT2D eigenvalue weighted by atomic mass is 9.88. The van der Waals surface area contributed by atoms with Crippen LogP contribution in [0.1, 0.15) is 32.1 Å². The molecule has 3 saturated heterocycles. The first kappa shape index (κ1) is 16.0. The second-order valence-corrected chi connectivity index (χ2v) is 7.02. The molecule has 0 aromatic rings. The fraction of sp³-hybridized carbons (Fsp3) is 0.938. The van der Waals surface area contributed by atoms with E-state index in [-0.39, 0.29) is 5.54 Å². The van der Waals surface area contributed by atoms with Crippen molar-refractivity contribution in [3.05, 3.63) is 0 Å². The third kappa shape index (κ3) is 3.24. The van der Waals surface area contributed by atoms with Gasteiger partial charge in [0, 0.05) is 32.3 Å². The topological polar surface area (TPSA) is 58.1 Å². The van der Waals surface area contributed by atoms with E-state index in [2.05, 4.69) is 34.6 Å². The monoisotopic (exact) mass is 310 g/mol. The van der Waals surface area contributed by atoms with Crippen LogP contribution < -0.4 is 10.6 Å². The summed E-state index contributed by atoms with van der Waals surface area (Å²) in [6.45, 7) is 2.57. The Balaban J connectivity index is 1.54. The lowest BCUT2D eigenvalue weighted by Gasteiger charge is -2.43. The predicted octanol–water partition coefficient (Wildman–Crippen LogP) is 0.582. The lowest BCUT2D eigenvalue weighted by molar-refractivity contribution is -0.00504. The Morgan fingerprint density at radius 2 is 2.05 bits per heavy atom. The summed E-state index contributed by atoms with van der Waals surface area (Å²) in [5.74, 6) is 0.897. The van der Waals surface area contributed by atoms with Crippen molar-refractivity contribution < 1.29 is 9.47 Å². The molecule has 0 aromatic heterocycles. The molecule has 3 fully saturated rings. The van der Waals surface area contributed by atoms with Crippen LogP contribution in [0.5, 0.6) is 0 Å². The number of hydrogen-bond donors (Lipinski definition) is 2. The Labute approximate surface area is 133 Å². The molecule has 2 N–H and O–H groups in total. The molecule has 6 heteroatoms. The van der Waals surface area contributed by atoms with Crippen molar-refractivity contribution in [2.24, 2.45) is 4.99 Å². The molecule has 0 saturated carbocycles. The minimum absolute atomic E-state index is 0.154. The van der Waals surface area contributed by atoms with E-state index in [9.17, 15) is 0 Å². The molecule has 2 bridgehead atoms. The summed E-state index contributed by atoms with van der Waals surface area (Å²) >= 11 is 0. The predicted molar refractivity (Wildman–Crippen MR) is 87.3 cm³/mol. The van der Waals surface area contributed by atoms with E-state index in [1.165, 1.54) is 12.8 Å². The summed E-state index contributed by atoms with van der Waals surface area (Å²) in [4.78, 5) is 6.73. The van der Waals surface area contributed by atoms with Crippen molar-refractivity contribution in [3.8, 4) is 0 Å². The van der Waals surface area contributed by atoms with Gasteiger partial charge in [0.15, 0.2) is 5.96 Å². The van der Waals surface area contributed by atoms with Gasteiger partial charge >= 0.3 is 0 Å². The van der Waals surface area contributed by atoms with E-state index in [1.807, 2.05) is 7.05 Å². The number of nitrogens with one attached hydrogen (secondary N) is 2. The number of aliphatic imine (C=N–C) groups is 1. The van der Waals surface area contributed by atoms with Crippen LogP contribution in [-0.4, -0.2) is 75.5 Å². The van der Waals surface area contributed by atoms with Gasteiger partial charge in [-0.05, 0) is 46.2 Å². The molecule has 126 valence electrons. The first-order valence-electron chi connectivity index (χ1n) is 8.51. The summed E-state index contributed by atoms with van der Waals surface area (Å²) in [5, 5.41) is 7.09. The Morgan fingerprint density at radius 3 is 2.59 bits per heavy atom. The molecule has 0 amide bonds. The van der Waals surface area contributed by atoms with E-state index in [0.29, 0.717) is 18.2 Å². The number of hydrogen-bond acceptors (Lipinski definition) is 4. The van der Waals surface area contributed by atoms with Gasteiger partial charge in [0.25, 0.3) is 0 Å². The van der Waals surface area contributed by atoms with E-state index in [1.54, 1.807) is 0 Å². The smallest absolute Gasteiger partial charge is 0.191 e. The maximum atomic E-state index is 5.91. The highest BCUT2D eigenvalue weighted by Gasteiger charge is 2.41. The molecule has 22 heavy (non-hydrogen) atoms. The molecule has 0 spiro atoms. The van der Waals surface area contributed by atoms with Gasteiger partial charge in [-0.1, -0.05) is 0 Å². The standard InChI is InChI=1S/C16H30N4O2/c1-17-15(19-13-10-12-4-5-14(13)22-12)18-11-16(20(2)3)6-8-21-9-7-16/h12-14H,4-11H2,1-3H3,(H2,17,18,19). The third-order valence-corrected chi connectivity index (χ3v) is 5.61. The molecule has 3 heterocycles. The molecular weight excluding hydrogens is 280 g/mol. The fourth-order valence-corrected chi connectivity index (χ4v) is 3.94. The van der Waals surface area contributed by atoms with Crippen LogP contribution in [-0.2, 0) is 9.47 Å². The van der Waals surface area contributed by atoms with Crippen LogP contribution in [0, 0.1) is 0 Å². The highest BCUT2D eigenvalue weighted by molar-refractivity contribution is 5.80. The molecule has 0 aliphatic carbocycles. The van der Waals surface area contributed by atoms with E-state index in [0.717, 1.165) is 45.0 Å². The molecule has 0 aromatic carbocycles. The number of likely N-dealkylation sites (N-methyl/N-ethyl adjacent to an activating group) is 1. The van der Waals surface area contributed by atoms with Crippen molar-refractivity contribution in [2.75, 3.05) is 40.9 Å². The first-order valence-corrected chi connectivity index (χ1v) is 8.51. The minimum Gasteiger partial charge on any atom is -0.381 e. The molecule has 3 aliphatic rings. The average Bonchev–Trinajstić information content (AvgIpc) is 3.14. The highest BCUT2D eigenvalue weighted by Crippen LogP contribution is 2.34. The van der Waals surface area contributed by atoms with Gasteiger partial charge in [-0.25, -0.2) is 0 Å². The van der Waals surface area contributed by atoms with Gasteiger partial charge in [0.1, 0.15) is 0 Å². The van der Waals surface area contributed by atoms with Crippen LogP contribution >= 0.6 is 0 Å². The Kier molecular flexibility index (Phi) is 4.90. The number of guanidine groups is 1. The zero-order valence-electron chi connectivity index (χ0n) is 14.1. The minimum atomic E-state index is 0.154. The van der Waals surface area contributed by atoms with Crippen LogP contribution in [0.4, 0.5) is 0 Å². The number of nitrogens with zero attached hydrogens (tertiary/aromatic N) is 2. The maximum absolute atomic E-state index is 5.91. The summed E-state index contributed by atoms with van der Waals surface area (Å²) in [6.07, 6.45) is 6.45.